The van der Waals surface area contributed by atoms with Gasteiger partial charge in [0.25, 0.3) is 0 Å². The fraction of sp³-hybridized carbons (Fsp3) is 0.714. The summed E-state index contributed by atoms with van der Waals surface area (Å²) in [4.78, 5) is 8.91. The first kappa shape index (κ1) is 16.7. The van der Waals surface area contributed by atoms with Gasteiger partial charge >= 0.3 is 0 Å². The number of aromatic nitrogens is 2. The van der Waals surface area contributed by atoms with Crippen LogP contribution in [0.4, 0.5) is 11.6 Å². The van der Waals surface area contributed by atoms with E-state index in [-0.39, 0.29) is 12.0 Å². The number of aliphatic hydroxyl groups is 1. The maximum atomic E-state index is 8.71. The molecule has 0 radical (unpaired) electrons. The zero-order valence-corrected chi connectivity index (χ0v) is 12.7. The Bertz CT molecular complexity index is 403. The molecule has 6 heteroatoms. The molecule has 0 aliphatic rings. The summed E-state index contributed by atoms with van der Waals surface area (Å²) >= 11 is 0. The number of nitrogens with two attached hydrogens (primary N) is 1. The third-order valence-electron chi connectivity index (χ3n) is 2.94. The topological polar surface area (TPSA) is 96.1 Å². The van der Waals surface area contributed by atoms with Crippen molar-refractivity contribution in [2.75, 3.05) is 23.9 Å². The molecule has 0 unspecified atom stereocenters. The van der Waals surface area contributed by atoms with Crippen LogP contribution in [0, 0.1) is 0 Å². The van der Waals surface area contributed by atoms with Crippen molar-refractivity contribution in [2.45, 2.75) is 51.9 Å². The number of hydrogen-bond acceptors (Lipinski definition) is 6. The first-order valence-corrected chi connectivity index (χ1v) is 7.18. The van der Waals surface area contributed by atoms with Crippen molar-refractivity contribution in [1.29, 1.82) is 0 Å². The van der Waals surface area contributed by atoms with Crippen LogP contribution in [0.2, 0.25) is 0 Å². The molecule has 20 heavy (non-hydrogen) atoms. The van der Waals surface area contributed by atoms with Crippen LogP contribution >= 0.6 is 0 Å². The van der Waals surface area contributed by atoms with Gasteiger partial charge in [-0.05, 0) is 12.8 Å². The largest absolute Gasteiger partial charge is 0.396 e. The number of nitrogen functional groups attached to an aromatic ring is 1. The van der Waals surface area contributed by atoms with Crippen molar-refractivity contribution >= 4 is 11.6 Å². The number of nitrogens with one attached hydrogen (secondary N) is 2. The van der Waals surface area contributed by atoms with Crippen LogP contribution in [0.5, 0.6) is 0 Å². The summed E-state index contributed by atoms with van der Waals surface area (Å²) in [5, 5.41) is 12.0. The highest BCUT2D eigenvalue weighted by Gasteiger charge is 2.18. The molecule has 1 aromatic heterocycles. The Morgan fingerprint density at radius 1 is 1.10 bits per heavy atom. The van der Waals surface area contributed by atoms with Crippen LogP contribution in [0.15, 0.2) is 6.07 Å². The minimum atomic E-state index is -0.121. The van der Waals surface area contributed by atoms with Crippen LogP contribution in [0.25, 0.3) is 0 Å². The van der Waals surface area contributed by atoms with Crippen molar-refractivity contribution in [3.8, 4) is 0 Å². The van der Waals surface area contributed by atoms with E-state index >= 15 is 0 Å². The molecule has 0 spiro atoms. The molecule has 1 heterocycles. The molecule has 6 nitrogen and oxygen atoms in total. The normalized spacial score (nSPS) is 11.4. The number of unbranched alkanes of at least 4 members (excludes halogenated alkanes) is 3. The Labute approximate surface area is 121 Å². The molecule has 1 aromatic rings. The van der Waals surface area contributed by atoms with Crippen molar-refractivity contribution in [3.63, 3.8) is 0 Å². The third kappa shape index (κ3) is 5.71. The Morgan fingerprint density at radius 3 is 2.35 bits per heavy atom. The zero-order chi connectivity index (χ0) is 15.0. The molecular weight excluding hydrogens is 254 g/mol. The summed E-state index contributed by atoms with van der Waals surface area (Å²) in [6.07, 6.45) is 4.10. The minimum absolute atomic E-state index is 0.121. The number of nitrogens with zero attached hydrogens (tertiary/aromatic N) is 2. The number of anilines is 2. The predicted octanol–water partition coefficient (Wildman–Crippen LogP) is 2.02. The highest BCUT2D eigenvalue weighted by atomic mass is 16.2. The van der Waals surface area contributed by atoms with Crippen molar-refractivity contribution in [1.82, 2.24) is 9.97 Å². The van der Waals surface area contributed by atoms with Gasteiger partial charge in [-0.3, -0.25) is 0 Å². The highest BCUT2D eigenvalue weighted by Crippen LogP contribution is 2.21. The lowest BCUT2D eigenvalue weighted by molar-refractivity contribution is 0.283. The van der Waals surface area contributed by atoms with Gasteiger partial charge in [-0.1, -0.05) is 33.6 Å². The second-order valence-corrected chi connectivity index (χ2v) is 5.92. The molecule has 0 aromatic carbocycles. The van der Waals surface area contributed by atoms with E-state index in [4.69, 9.17) is 10.9 Å². The molecule has 0 aliphatic heterocycles. The van der Waals surface area contributed by atoms with E-state index in [1.165, 1.54) is 0 Å². The molecular formula is C14H27N5O. The van der Waals surface area contributed by atoms with Gasteiger partial charge in [0.1, 0.15) is 17.5 Å². The summed E-state index contributed by atoms with van der Waals surface area (Å²) in [7, 11) is 0. The number of aliphatic hydroxyl groups excluding tert-OH is 1. The molecule has 0 fully saturated rings. The van der Waals surface area contributed by atoms with Gasteiger partial charge in [-0.15, -0.1) is 0 Å². The standard InChI is InChI=1S/C14H27N5O/c1-14(2,3)13-17-11(10-12(18-13)19-15)16-8-6-4-5-7-9-20/h10,20H,4-9,15H2,1-3H3,(H2,16,17,18,19). The van der Waals surface area contributed by atoms with E-state index in [1.807, 2.05) is 6.07 Å². The van der Waals surface area contributed by atoms with Crippen LogP contribution in [-0.4, -0.2) is 28.2 Å². The number of hydrazine groups is 1. The van der Waals surface area contributed by atoms with Crippen molar-refractivity contribution in [3.05, 3.63) is 11.9 Å². The second kappa shape index (κ2) is 8.01. The second-order valence-electron chi connectivity index (χ2n) is 5.92. The van der Waals surface area contributed by atoms with Crippen LogP contribution < -0.4 is 16.6 Å². The average molecular weight is 281 g/mol. The number of rotatable bonds is 8. The van der Waals surface area contributed by atoms with Gasteiger partial charge in [-0.25, -0.2) is 15.8 Å². The first-order valence-electron chi connectivity index (χ1n) is 7.18. The lowest BCUT2D eigenvalue weighted by Gasteiger charge is -2.18. The van der Waals surface area contributed by atoms with Gasteiger partial charge in [0.2, 0.25) is 0 Å². The molecule has 0 atom stereocenters. The summed E-state index contributed by atoms with van der Waals surface area (Å²) in [5.74, 6) is 7.62. The molecule has 0 amide bonds. The molecule has 1 rings (SSSR count). The minimum Gasteiger partial charge on any atom is -0.396 e. The Kier molecular flexibility index (Phi) is 6.67. The molecule has 0 bridgehead atoms. The molecule has 0 saturated carbocycles. The molecule has 114 valence electrons. The summed E-state index contributed by atoms with van der Waals surface area (Å²) < 4.78 is 0. The van der Waals surface area contributed by atoms with Gasteiger partial charge in [0.15, 0.2) is 0 Å². The summed E-state index contributed by atoms with van der Waals surface area (Å²) in [6, 6.07) is 1.81. The Balaban J connectivity index is 2.56. The van der Waals surface area contributed by atoms with Gasteiger partial charge in [0.05, 0.1) is 0 Å². The van der Waals surface area contributed by atoms with Crippen molar-refractivity contribution < 1.29 is 5.11 Å². The molecule has 0 saturated heterocycles. The lowest BCUT2D eigenvalue weighted by atomic mass is 9.96. The van der Waals surface area contributed by atoms with Crippen molar-refractivity contribution in [2.24, 2.45) is 5.84 Å². The first-order chi connectivity index (χ1) is 9.47. The summed E-state index contributed by atoms with van der Waals surface area (Å²) in [5.41, 5.74) is 2.46. The summed E-state index contributed by atoms with van der Waals surface area (Å²) in [6.45, 7) is 7.35. The van der Waals surface area contributed by atoms with Gasteiger partial charge in [0, 0.05) is 24.6 Å². The van der Waals surface area contributed by atoms with E-state index in [2.05, 4.69) is 41.5 Å². The fourth-order valence-electron chi connectivity index (χ4n) is 1.75. The zero-order valence-electron chi connectivity index (χ0n) is 12.7. The van der Waals surface area contributed by atoms with Crippen LogP contribution in [-0.2, 0) is 5.41 Å². The van der Waals surface area contributed by atoms with E-state index < -0.39 is 0 Å². The monoisotopic (exact) mass is 281 g/mol. The highest BCUT2D eigenvalue weighted by molar-refractivity contribution is 5.47. The van der Waals surface area contributed by atoms with E-state index in [0.717, 1.165) is 43.9 Å². The van der Waals surface area contributed by atoms with E-state index in [1.54, 1.807) is 0 Å². The van der Waals surface area contributed by atoms with Crippen LogP contribution in [0.3, 0.4) is 0 Å². The fourth-order valence-corrected chi connectivity index (χ4v) is 1.75. The maximum Gasteiger partial charge on any atom is 0.145 e. The van der Waals surface area contributed by atoms with Crippen LogP contribution in [0.1, 0.15) is 52.3 Å². The molecule has 0 aliphatic carbocycles. The molecule has 5 N–H and O–H groups in total. The smallest absolute Gasteiger partial charge is 0.145 e. The van der Waals surface area contributed by atoms with Gasteiger partial charge < -0.3 is 15.8 Å². The quantitative estimate of drug-likeness (QED) is 0.331. The average Bonchev–Trinajstić information content (AvgIpc) is 2.41. The maximum absolute atomic E-state index is 8.71. The number of hydrogen-bond donors (Lipinski definition) is 4. The lowest BCUT2D eigenvalue weighted by Crippen LogP contribution is -2.20. The SMILES string of the molecule is CC(C)(C)c1nc(NN)cc(NCCCCCCO)n1. The van der Waals surface area contributed by atoms with E-state index in [9.17, 15) is 0 Å². The third-order valence-corrected chi connectivity index (χ3v) is 2.94. The predicted molar refractivity (Wildman–Crippen MR) is 82.6 cm³/mol. The van der Waals surface area contributed by atoms with Gasteiger partial charge in [-0.2, -0.15) is 0 Å². The Hall–Kier alpha value is -1.40. The Morgan fingerprint density at radius 2 is 1.75 bits per heavy atom. The van der Waals surface area contributed by atoms with E-state index in [0.29, 0.717) is 5.82 Å².